The van der Waals surface area contributed by atoms with Crippen LogP contribution >= 0.6 is 0 Å². The summed E-state index contributed by atoms with van der Waals surface area (Å²) in [5, 5.41) is 10.1. The van der Waals surface area contributed by atoms with Gasteiger partial charge >= 0.3 is 0 Å². The molecular formula is C20H36N4O. The Hall–Kier alpha value is -1.88. The van der Waals surface area contributed by atoms with Crippen molar-refractivity contribution in [1.29, 1.82) is 0 Å². The molecule has 0 heterocycles. The fourth-order valence-electron chi connectivity index (χ4n) is 2.55. The molecule has 142 valence electrons. The average Bonchev–Trinajstić information content (AvgIpc) is 2.60. The predicted octanol–water partition coefficient (Wildman–Crippen LogP) is 3.07. The quantitative estimate of drug-likeness (QED) is 0.396. The third kappa shape index (κ3) is 9.25. The molecule has 0 bridgehead atoms. The maximum Gasteiger partial charge on any atom is 0.0957 e. The van der Waals surface area contributed by atoms with Crippen molar-refractivity contribution < 1.29 is 4.74 Å². The van der Waals surface area contributed by atoms with E-state index in [1.54, 1.807) is 7.11 Å². The van der Waals surface area contributed by atoms with Crippen LogP contribution in [0.3, 0.4) is 0 Å². The lowest BCUT2D eigenvalue weighted by Gasteiger charge is -2.20. The number of hydrogen-bond donors (Lipinski definition) is 3. The van der Waals surface area contributed by atoms with E-state index in [1.807, 2.05) is 7.05 Å². The Morgan fingerprint density at radius 1 is 1.32 bits per heavy atom. The van der Waals surface area contributed by atoms with Crippen molar-refractivity contribution >= 4 is 0 Å². The number of nitrogens with zero attached hydrogens (tertiary/aromatic N) is 1. The second kappa shape index (κ2) is 12.5. The van der Waals surface area contributed by atoms with Crippen LogP contribution in [0.25, 0.3) is 0 Å². The lowest BCUT2D eigenvalue weighted by molar-refractivity contribution is 0.283. The Kier molecular flexibility index (Phi) is 10.6. The van der Waals surface area contributed by atoms with Gasteiger partial charge in [0.15, 0.2) is 0 Å². The molecule has 0 saturated heterocycles. The lowest BCUT2D eigenvalue weighted by atomic mass is 10.1. The molecule has 3 N–H and O–H groups in total. The van der Waals surface area contributed by atoms with Gasteiger partial charge in [0.25, 0.3) is 0 Å². The first kappa shape index (κ1) is 21.2. The number of methoxy groups -OCH3 is 1. The second-order valence-corrected chi connectivity index (χ2v) is 6.33. The Balaban J connectivity index is 2.28. The third-order valence-electron chi connectivity index (χ3n) is 4.23. The molecule has 0 unspecified atom stereocenters. The maximum atomic E-state index is 5.38. The highest BCUT2D eigenvalue weighted by Gasteiger charge is 2.02. The van der Waals surface area contributed by atoms with Gasteiger partial charge in [-0.25, -0.2) is 0 Å². The molecule has 1 aliphatic carbocycles. The van der Waals surface area contributed by atoms with Crippen LogP contribution < -0.4 is 16.0 Å². The highest BCUT2D eigenvalue weighted by atomic mass is 16.5. The van der Waals surface area contributed by atoms with Gasteiger partial charge in [0.1, 0.15) is 0 Å². The first-order valence-electron chi connectivity index (χ1n) is 9.24. The molecular weight excluding hydrogens is 312 g/mol. The minimum atomic E-state index is 0.777. The fourth-order valence-corrected chi connectivity index (χ4v) is 2.55. The summed E-state index contributed by atoms with van der Waals surface area (Å²) in [6, 6.07) is 0. The molecule has 0 amide bonds. The lowest BCUT2D eigenvalue weighted by Crippen LogP contribution is -2.31. The molecule has 5 nitrogen and oxygen atoms in total. The van der Waals surface area contributed by atoms with E-state index in [2.05, 4.69) is 66.0 Å². The summed E-state index contributed by atoms with van der Waals surface area (Å²) >= 11 is 0. The SMILES string of the molecule is CCN(/C=C(/C)NC)CCCNCNC1=C/CC(OC)=CC/C(C)=C\1. The van der Waals surface area contributed by atoms with E-state index >= 15 is 0 Å². The van der Waals surface area contributed by atoms with E-state index in [4.69, 9.17) is 4.74 Å². The maximum absolute atomic E-state index is 5.38. The molecule has 0 saturated carbocycles. The molecule has 0 aromatic rings. The number of nitrogens with one attached hydrogen (secondary N) is 3. The highest BCUT2D eigenvalue weighted by molar-refractivity contribution is 5.26. The highest BCUT2D eigenvalue weighted by Crippen LogP contribution is 2.15. The van der Waals surface area contributed by atoms with Crippen molar-refractivity contribution in [2.75, 3.05) is 40.5 Å². The van der Waals surface area contributed by atoms with Gasteiger partial charge in [-0.15, -0.1) is 0 Å². The van der Waals surface area contributed by atoms with Crippen LogP contribution in [-0.4, -0.2) is 45.4 Å². The Labute approximate surface area is 153 Å². The van der Waals surface area contributed by atoms with Crippen LogP contribution in [0.1, 0.15) is 40.0 Å². The summed E-state index contributed by atoms with van der Waals surface area (Å²) in [6.07, 6.45) is 11.6. The van der Waals surface area contributed by atoms with E-state index in [-0.39, 0.29) is 0 Å². The van der Waals surface area contributed by atoms with Gasteiger partial charge in [0, 0.05) is 44.2 Å². The molecule has 0 spiro atoms. The first-order valence-corrected chi connectivity index (χ1v) is 9.24. The minimum absolute atomic E-state index is 0.777. The zero-order chi connectivity index (χ0) is 18.5. The van der Waals surface area contributed by atoms with E-state index in [9.17, 15) is 0 Å². The van der Waals surface area contributed by atoms with Crippen LogP contribution in [-0.2, 0) is 4.74 Å². The molecule has 0 radical (unpaired) electrons. The second-order valence-electron chi connectivity index (χ2n) is 6.33. The average molecular weight is 349 g/mol. The van der Waals surface area contributed by atoms with Gasteiger partial charge in [-0.2, -0.15) is 0 Å². The predicted molar refractivity (Wildman–Crippen MR) is 107 cm³/mol. The normalized spacial score (nSPS) is 19.6. The van der Waals surface area contributed by atoms with E-state index in [0.29, 0.717) is 0 Å². The van der Waals surface area contributed by atoms with Crippen molar-refractivity contribution in [1.82, 2.24) is 20.9 Å². The summed E-state index contributed by atoms with van der Waals surface area (Å²) in [7, 11) is 3.69. The zero-order valence-electron chi connectivity index (χ0n) is 16.6. The minimum Gasteiger partial charge on any atom is -0.501 e. The number of ether oxygens (including phenoxy) is 1. The standard InChI is InChI=1S/C20H36N4O/c1-6-24(15-18(3)21-4)13-7-12-22-16-23-19-9-11-20(25-5)10-8-17(2)14-19/h9-10,14-15,21-23H,6-8,11-13,16H2,1-5H3/b17-14-,18-15-,19-9+,20-10?. The van der Waals surface area contributed by atoms with Crippen LogP contribution in [0.5, 0.6) is 0 Å². The van der Waals surface area contributed by atoms with Gasteiger partial charge in [0.2, 0.25) is 0 Å². The van der Waals surface area contributed by atoms with Crippen molar-refractivity contribution in [2.24, 2.45) is 0 Å². The molecule has 1 rings (SSSR count). The van der Waals surface area contributed by atoms with Gasteiger partial charge in [-0.05, 0) is 52.3 Å². The molecule has 0 fully saturated rings. The summed E-state index contributed by atoms with van der Waals surface area (Å²) in [5.41, 5.74) is 3.69. The molecule has 0 atom stereocenters. The summed E-state index contributed by atoms with van der Waals surface area (Å²) in [6.45, 7) is 10.3. The van der Waals surface area contributed by atoms with Gasteiger partial charge in [-0.3, -0.25) is 0 Å². The van der Waals surface area contributed by atoms with E-state index in [1.165, 1.54) is 11.3 Å². The first-order chi connectivity index (χ1) is 12.1. The number of hydrogen-bond acceptors (Lipinski definition) is 5. The van der Waals surface area contributed by atoms with E-state index < -0.39 is 0 Å². The van der Waals surface area contributed by atoms with Crippen LogP contribution in [0.4, 0.5) is 0 Å². The van der Waals surface area contributed by atoms with Gasteiger partial charge in [-0.1, -0.05) is 11.6 Å². The fraction of sp³-hybridized carbons (Fsp3) is 0.600. The monoisotopic (exact) mass is 348 g/mol. The number of rotatable bonds is 11. The Morgan fingerprint density at radius 3 is 2.80 bits per heavy atom. The van der Waals surface area contributed by atoms with Crippen LogP contribution in [0.2, 0.25) is 0 Å². The molecule has 25 heavy (non-hydrogen) atoms. The molecule has 0 aromatic heterocycles. The molecule has 1 aliphatic rings. The van der Waals surface area contributed by atoms with Crippen LogP contribution in [0.15, 0.2) is 47.2 Å². The molecule has 0 aliphatic heterocycles. The molecule has 0 aromatic carbocycles. The Bertz CT molecular complexity index is 506. The van der Waals surface area contributed by atoms with Gasteiger partial charge < -0.3 is 25.6 Å². The summed E-state index contributed by atoms with van der Waals surface area (Å²) in [5.74, 6) is 1.03. The largest absolute Gasteiger partial charge is 0.501 e. The Morgan fingerprint density at radius 2 is 2.12 bits per heavy atom. The topological polar surface area (TPSA) is 48.6 Å². The van der Waals surface area contributed by atoms with Gasteiger partial charge in [0.05, 0.1) is 19.5 Å². The zero-order valence-corrected chi connectivity index (χ0v) is 16.6. The molecule has 5 heteroatoms. The number of allylic oxidation sites excluding steroid dienone is 5. The van der Waals surface area contributed by atoms with Crippen molar-refractivity contribution in [3.63, 3.8) is 0 Å². The van der Waals surface area contributed by atoms with Crippen molar-refractivity contribution in [3.8, 4) is 0 Å². The van der Waals surface area contributed by atoms with E-state index in [0.717, 1.165) is 57.0 Å². The van der Waals surface area contributed by atoms with Crippen molar-refractivity contribution in [2.45, 2.75) is 40.0 Å². The summed E-state index contributed by atoms with van der Waals surface area (Å²) < 4.78 is 5.38. The van der Waals surface area contributed by atoms with Crippen molar-refractivity contribution in [3.05, 3.63) is 47.2 Å². The summed E-state index contributed by atoms with van der Waals surface area (Å²) in [4.78, 5) is 2.34. The van der Waals surface area contributed by atoms with Crippen LogP contribution in [0, 0.1) is 0 Å². The third-order valence-corrected chi connectivity index (χ3v) is 4.23. The smallest absolute Gasteiger partial charge is 0.0957 e.